The maximum absolute atomic E-state index is 12.1. The highest BCUT2D eigenvalue weighted by molar-refractivity contribution is 9.11. The Morgan fingerprint density at radius 1 is 1.30 bits per heavy atom. The third-order valence-electron chi connectivity index (χ3n) is 2.25. The fraction of sp³-hybridized carbons (Fsp3) is 0. The van der Waals surface area contributed by atoms with E-state index in [0.29, 0.717) is 9.21 Å². The van der Waals surface area contributed by atoms with Gasteiger partial charge < -0.3 is 11.1 Å². The lowest BCUT2D eigenvalue weighted by atomic mass is 10.2. The Hall–Kier alpha value is -0.890. The first kappa shape index (κ1) is 15.5. The number of carbonyl (C=O) groups is 1. The summed E-state index contributed by atoms with van der Waals surface area (Å²) in [5.74, 6) is -0.143. The number of amides is 1. The van der Waals surface area contributed by atoms with Crippen LogP contribution in [0.3, 0.4) is 0 Å². The first-order valence-electron chi connectivity index (χ1n) is 5.12. The zero-order chi connectivity index (χ0) is 14.9. The van der Waals surface area contributed by atoms with Crippen LogP contribution in [0.4, 0.5) is 11.5 Å². The van der Waals surface area contributed by atoms with E-state index in [-0.39, 0.29) is 27.1 Å². The number of rotatable bonds is 2. The van der Waals surface area contributed by atoms with E-state index in [1.165, 1.54) is 18.3 Å². The van der Waals surface area contributed by atoms with Crippen LogP contribution in [0.15, 0.2) is 27.5 Å². The highest BCUT2D eigenvalue weighted by atomic mass is 79.9. The van der Waals surface area contributed by atoms with Crippen molar-refractivity contribution in [1.29, 1.82) is 0 Å². The molecule has 3 N–H and O–H groups in total. The minimum atomic E-state index is -0.424. The molecule has 1 amide bonds. The topological polar surface area (TPSA) is 80.9 Å². The van der Waals surface area contributed by atoms with Crippen LogP contribution in [-0.4, -0.2) is 15.9 Å². The molecule has 0 aliphatic heterocycles. The van der Waals surface area contributed by atoms with Gasteiger partial charge in [-0.15, -0.1) is 0 Å². The molecule has 2 rings (SSSR count). The SMILES string of the molecule is Nc1cc(C(=O)Nc2ncc(Br)nc2Br)cc(Cl)c1Cl. The molecule has 104 valence electrons. The van der Waals surface area contributed by atoms with E-state index in [1.54, 1.807) is 0 Å². The van der Waals surface area contributed by atoms with E-state index >= 15 is 0 Å². The minimum Gasteiger partial charge on any atom is -0.397 e. The number of nitrogens with two attached hydrogens (primary N) is 1. The molecule has 0 saturated carbocycles. The smallest absolute Gasteiger partial charge is 0.257 e. The number of nitrogens with one attached hydrogen (secondary N) is 1. The first-order chi connectivity index (χ1) is 9.38. The highest BCUT2D eigenvalue weighted by Gasteiger charge is 2.14. The van der Waals surface area contributed by atoms with Crippen molar-refractivity contribution in [2.24, 2.45) is 0 Å². The third-order valence-corrected chi connectivity index (χ3v) is 4.00. The highest BCUT2D eigenvalue weighted by Crippen LogP contribution is 2.30. The van der Waals surface area contributed by atoms with E-state index in [1.807, 2.05) is 0 Å². The summed E-state index contributed by atoms with van der Waals surface area (Å²) in [7, 11) is 0. The molecule has 0 unspecified atom stereocenters. The Kier molecular flexibility index (Phi) is 4.85. The number of nitrogens with zero attached hydrogens (tertiary/aromatic N) is 2. The van der Waals surface area contributed by atoms with Gasteiger partial charge in [0, 0.05) is 5.56 Å². The van der Waals surface area contributed by atoms with Crippen molar-refractivity contribution in [2.75, 3.05) is 11.1 Å². The van der Waals surface area contributed by atoms with Crippen LogP contribution in [0.25, 0.3) is 0 Å². The Bertz CT molecular complexity index is 673. The molecule has 0 spiro atoms. The second-order valence-corrected chi connectivity index (χ2v) is 6.00. The molecule has 0 fully saturated rings. The van der Waals surface area contributed by atoms with Crippen LogP contribution in [0, 0.1) is 0 Å². The summed E-state index contributed by atoms with van der Waals surface area (Å²) in [6.07, 6.45) is 1.46. The molecule has 0 radical (unpaired) electrons. The Labute approximate surface area is 141 Å². The summed E-state index contributed by atoms with van der Waals surface area (Å²) in [4.78, 5) is 20.2. The van der Waals surface area contributed by atoms with Crippen LogP contribution in [0.1, 0.15) is 10.4 Å². The van der Waals surface area contributed by atoms with Crippen LogP contribution >= 0.6 is 55.1 Å². The summed E-state index contributed by atoms with van der Waals surface area (Å²) in [6, 6.07) is 2.86. The van der Waals surface area contributed by atoms with Gasteiger partial charge in [0.05, 0.1) is 21.9 Å². The van der Waals surface area contributed by atoms with E-state index in [2.05, 4.69) is 47.1 Å². The predicted molar refractivity (Wildman–Crippen MR) is 86.3 cm³/mol. The summed E-state index contributed by atoms with van der Waals surface area (Å²) >= 11 is 18.1. The molecule has 0 aliphatic carbocycles. The third kappa shape index (κ3) is 3.41. The standard InChI is InChI=1S/C11H6Br2Cl2N4O/c12-7-3-17-10(9(13)18-7)19-11(20)4-1-5(14)8(15)6(16)2-4/h1-3H,16H2,(H,17,19,20). The maximum Gasteiger partial charge on any atom is 0.257 e. The summed E-state index contributed by atoms with van der Waals surface area (Å²) in [5.41, 5.74) is 6.16. The van der Waals surface area contributed by atoms with Crippen molar-refractivity contribution in [1.82, 2.24) is 9.97 Å². The number of anilines is 2. The average Bonchev–Trinajstić information content (AvgIpc) is 2.38. The molecular weight excluding hydrogens is 435 g/mol. The Balaban J connectivity index is 2.28. The van der Waals surface area contributed by atoms with Crippen molar-refractivity contribution in [3.05, 3.63) is 43.1 Å². The quantitative estimate of drug-likeness (QED) is 0.687. The van der Waals surface area contributed by atoms with E-state index in [0.717, 1.165) is 0 Å². The van der Waals surface area contributed by atoms with Gasteiger partial charge in [-0.25, -0.2) is 9.97 Å². The maximum atomic E-state index is 12.1. The number of hydrogen-bond donors (Lipinski definition) is 2. The van der Waals surface area contributed by atoms with Gasteiger partial charge in [0.15, 0.2) is 5.82 Å². The normalized spacial score (nSPS) is 10.4. The number of aromatic nitrogens is 2. The second-order valence-electron chi connectivity index (χ2n) is 3.65. The zero-order valence-corrected chi connectivity index (χ0v) is 14.3. The van der Waals surface area contributed by atoms with Gasteiger partial charge in [0.1, 0.15) is 9.21 Å². The fourth-order valence-corrected chi connectivity index (χ4v) is 2.60. The van der Waals surface area contributed by atoms with Crippen molar-refractivity contribution in [2.45, 2.75) is 0 Å². The molecule has 1 aromatic heterocycles. The van der Waals surface area contributed by atoms with Gasteiger partial charge in [-0.3, -0.25) is 4.79 Å². The summed E-state index contributed by atoms with van der Waals surface area (Å²) in [5, 5.41) is 3.01. The van der Waals surface area contributed by atoms with Crippen molar-refractivity contribution in [3.63, 3.8) is 0 Å². The molecular formula is C11H6Br2Cl2N4O. The number of nitrogen functional groups attached to an aromatic ring is 1. The first-order valence-corrected chi connectivity index (χ1v) is 7.46. The van der Waals surface area contributed by atoms with Gasteiger partial charge in [-0.2, -0.15) is 0 Å². The number of benzene rings is 1. The number of carbonyl (C=O) groups excluding carboxylic acids is 1. The lowest BCUT2D eigenvalue weighted by Gasteiger charge is -2.08. The lowest BCUT2D eigenvalue weighted by Crippen LogP contribution is -2.14. The van der Waals surface area contributed by atoms with Crippen molar-refractivity contribution in [3.8, 4) is 0 Å². The summed E-state index contributed by atoms with van der Waals surface area (Å²) in [6.45, 7) is 0. The van der Waals surface area contributed by atoms with Gasteiger partial charge >= 0.3 is 0 Å². The average molecular weight is 441 g/mol. The molecule has 0 bridgehead atoms. The molecule has 5 nitrogen and oxygen atoms in total. The minimum absolute atomic E-state index is 0.206. The van der Waals surface area contributed by atoms with Crippen LogP contribution in [0.2, 0.25) is 10.0 Å². The fourth-order valence-electron chi connectivity index (χ4n) is 1.35. The van der Waals surface area contributed by atoms with E-state index in [4.69, 9.17) is 28.9 Å². The molecule has 0 saturated heterocycles. The number of halogens is 4. The molecule has 0 atom stereocenters. The Morgan fingerprint density at radius 2 is 2.00 bits per heavy atom. The molecule has 1 aromatic carbocycles. The Morgan fingerprint density at radius 3 is 2.60 bits per heavy atom. The lowest BCUT2D eigenvalue weighted by molar-refractivity contribution is 0.102. The van der Waals surface area contributed by atoms with Gasteiger partial charge in [-0.1, -0.05) is 23.2 Å². The van der Waals surface area contributed by atoms with Crippen molar-refractivity contribution >= 4 is 72.5 Å². The molecule has 0 aliphatic rings. The monoisotopic (exact) mass is 438 g/mol. The largest absolute Gasteiger partial charge is 0.397 e. The van der Waals surface area contributed by atoms with Gasteiger partial charge in [0.25, 0.3) is 5.91 Å². The zero-order valence-electron chi connectivity index (χ0n) is 9.62. The second kappa shape index (κ2) is 6.26. The molecule has 20 heavy (non-hydrogen) atoms. The van der Waals surface area contributed by atoms with Crippen molar-refractivity contribution < 1.29 is 4.79 Å². The summed E-state index contributed by atoms with van der Waals surface area (Å²) < 4.78 is 0.939. The molecule has 2 aromatic rings. The predicted octanol–water partition coefficient (Wildman–Crippen LogP) is 4.14. The van der Waals surface area contributed by atoms with E-state index < -0.39 is 5.91 Å². The van der Waals surface area contributed by atoms with E-state index in [9.17, 15) is 4.79 Å². The van der Waals surface area contributed by atoms with Crippen LogP contribution < -0.4 is 11.1 Å². The molecule has 1 heterocycles. The van der Waals surface area contributed by atoms with Crippen LogP contribution in [-0.2, 0) is 0 Å². The van der Waals surface area contributed by atoms with Gasteiger partial charge in [0.2, 0.25) is 0 Å². The number of hydrogen-bond acceptors (Lipinski definition) is 4. The molecule has 9 heteroatoms. The van der Waals surface area contributed by atoms with Crippen LogP contribution in [0.5, 0.6) is 0 Å². The van der Waals surface area contributed by atoms with Gasteiger partial charge in [-0.05, 0) is 44.0 Å².